The van der Waals surface area contributed by atoms with Gasteiger partial charge in [0.05, 0.1) is 6.61 Å². The number of fused-ring (bicyclic) bond motifs is 1. The molecule has 0 saturated carbocycles. The van der Waals surface area contributed by atoms with Gasteiger partial charge < -0.3 is 9.47 Å². The summed E-state index contributed by atoms with van der Waals surface area (Å²) < 4.78 is 47.2. The number of nitrogens with zero attached hydrogens (tertiary/aromatic N) is 1. The second-order valence-corrected chi connectivity index (χ2v) is 7.00. The third kappa shape index (κ3) is 5.64. The first-order valence-electron chi connectivity index (χ1n) is 9.59. The lowest BCUT2D eigenvalue weighted by Crippen LogP contribution is -2.23. The molecule has 162 valence electrons. The van der Waals surface area contributed by atoms with Crippen LogP contribution in [0.2, 0.25) is 0 Å². The number of benzene rings is 2. The molecular weight excluding hydrogens is 401 g/mol. The fourth-order valence-electron chi connectivity index (χ4n) is 3.62. The quantitative estimate of drug-likeness (QED) is 0.541. The Morgan fingerprint density at radius 3 is 2.77 bits per heavy atom. The van der Waals surface area contributed by atoms with Crippen molar-refractivity contribution in [3.8, 4) is 11.5 Å². The van der Waals surface area contributed by atoms with Crippen LogP contribution < -0.4 is 15.0 Å². The highest BCUT2D eigenvalue weighted by Gasteiger charge is 2.31. The molecule has 1 heterocycles. The van der Waals surface area contributed by atoms with Crippen LogP contribution in [0.3, 0.4) is 0 Å². The summed E-state index contributed by atoms with van der Waals surface area (Å²) in [5.74, 6) is -0.291. The molecule has 2 N–H and O–H groups in total. The Balaban J connectivity index is 1.83. The average molecular weight is 424 g/mol. The van der Waals surface area contributed by atoms with Gasteiger partial charge in [0.1, 0.15) is 11.5 Å². The normalized spacial score (nSPS) is 14.6. The van der Waals surface area contributed by atoms with Crippen molar-refractivity contribution in [2.75, 3.05) is 13.2 Å². The molecule has 2 aromatic carbocycles. The van der Waals surface area contributed by atoms with E-state index in [4.69, 9.17) is 9.94 Å². The van der Waals surface area contributed by atoms with Crippen LogP contribution in [0.25, 0.3) is 0 Å². The molecule has 1 aliphatic rings. The van der Waals surface area contributed by atoms with Gasteiger partial charge in [0, 0.05) is 24.2 Å². The van der Waals surface area contributed by atoms with Crippen molar-refractivity contribution in [2.45, 2.75) is 39.2 Å². The van der Waals surface area contributed by atoms with Gasteiger partial charge in [0.15, 0.2) is 0 Å². The molecule has 3 rings (SSSR count). The number of hydrogen-bond donors (Lipinski definition) is 2. The minimum atomic E-state index is -4.73. The fourth-order valence-corrected chi connectivity index (χ4v) is 3.62. The fraction of sp³-hybridized carbons (Fsp3) is 0.381. The van der Waals surface area contributed by atoms with E-state index in [-0.39, 0.29) is 5.75 Å². The van der Waals surface area contributed by atoms with E-state index < -0.39 is 12.3 Å². The summed E-state index contributed by atoms with van der Waals surface area (Å²) in [6.45, 7) is 3.94. The van der Waals surface area contributed by atoms with Gasteiger partial charge in [-0.05, 0) is 61.7 Å². The molecule has 0 bridgehead atoms. The van der Waals surface area contributed by atoms with Crippen molar-refractivity contribution < 1.29 is 32.6 Å². The Labute approximate surface area is 172 Å². The Morgan fingerprint density at radius 1 is 1.27 bits per heavy atom. The van der Waals surface area contributed by atoms with Gasteiger partial charge in [-0.3, -0.25) is 14.9 Å². The van der Waals surface area contributed by atoms with Crippen LogP contribution in [-0.2, 0) is 19.5 Å². The van der Waals surface area contributed by atoms with Gasteiger partial charge in [0.25, 0.3) is 5.91 Å². The smallest absolute Gasteiger partial charge is 0.494 e. The van der Waals surface area contributed by atoms with Crippen LogP contribution in [-0.4, -0.2) is 35.5 Å². The van der Waals surface area contributed by atoms with Crippen molar-refractivity contribution in [1.29, 1.82) is 0 Å². The zero-order chi connectivity index (χ0) is 21.7. The van der Waals surface area contributed by atoms with E-state index in [0.29, 0.717) is 36.6 Å². The summed E-state index contributed by atoms with van der Waals surface area (Å²) in [6, 6.07) is 9.29. The van der Waals surface area contributed by atoms with Gasteiger partial charge in [-0.1, -0.05) is 12.1 Å². The predicted octanol–water partition coefficient (Wildman–Crippen LogP) is 4.05. The standard InChI is InChI=1S/C21H23F3N2O4/c1-2-29-19-11-16(20(27)25-28)10-15-6-4-8-26(13-18(15)19)12-14-5-3-7-17(9-14)30-21(22,23)24/h3,5,7,9-11,28H,2,4,6,8,12-13H2,1H3,(H,25,27). The topological polar surface area (TPSA) is 71.0 Å². The first-order valence-corrected chi connectivity index (χ1v) is 9.59. The third-order valence-electron chi connectivity index (χ3n) is 4.81. The number of nitrogens with one attached hydrogen (secondary N) is 1. The van der Waals surface area contributed by atoms with Crippen molar-refractivity contribution in [3.63, 3.8) is 0 Å². The van der Waals surface area contributed by atoms with Crippen molar-refractivity contribution in [3.05, 3.63) is 58.7 Å². The largest absolute Gasteiger partial charge is 0.573 e. The van der Waals surface area contributed by atoms with E-state index in [1.807, 2.05) is 6.92 Å². The van der Waals surface area contributed by atoms with E-state index in [1.165, 1.54) is 18.2 Å². The van der Waals surface area contributed by atoms with E-state index >= 15 is 0 Å². The van der Waals surface area contributed by atoms with Gasteiger partial charge in [-0.15, -0.1) is 13.2 Å². The highest BCUT2D eigenvalue weighted by Crippen LogP contribution is 2.31. The minimum absolute atomic E-state index is 0.245. The first kappa shape index (κ1) is 21.9. The molecule has 0 atom stereocenters. The van der Waals surface area contributed by atoms with Gasteiger partial charge >= 0.3 is 6.36 Å². The second-order valence-electron chi connectivity index (χ2n) is 7.00. The van der Waals surface area contributed by atoms with Crippen LogP contribution in [0.15, 0.2) is 36.4 Å². The van der Waals surface area contributed by atoms with Crippen LogP contribution in [0.1, 0.15) is 40.4 Å². The van der Waals surface area contributed by atoms with E-state index in [9.17, 15) is 18.0 Å². The summed E-state index contributed by atoms with van der Waals surface area (Å²) in [5.41, 5.74) is 4.54. The second kappa shape index (κ2) is 9.36. The highest BCUT2D eigenvalue weighted by atomic mass is 19.4. The maximum Gasteiger partial charge on any atom is 0.573 e. The Hall–Kier alpha value is -2.78. The predicted molar refractivity (Wildman–Crippen MR) is 102 cm³/mol. The molecule has 0 aliphatic carbocycles. The molecule has 30 heavy (non-hydrogen) atoms. The molecule has 0 spiro atoms. The SMILES string of the molecule is CCOc1cc(C(=O)NO)cc2c1CN(Cc1cccc(OC(F)(F)F)c1)CCC2. The molecular formula is C21H23F3N2O4. The number of hydroxylamine groups is 1. The lowest BCUT2D eigenvalue weighted by molar-refractivity contribution is -0.274. The minimum Gasteiger partial charge on any atom is -0.494 e. The Bertz CT molecular complexity index is 902. The number of hydrogen-bond acceptors (Lipinski definition) is 5. The zero-order valence-corrected chi connectivity index (χ0v) is 16.5. The monoisotopic (exact) mass is 424 g/mol. The maximum absolute atomic E-state index is 12.5. The number of aryl methyl sites for hydroxylation is 1. The van der Waals surface area contributed by atoms with E-state index in [1.54, 1.807) is 23.7 Å². The van der Waals surface area contributed by atoms with Crippen molar-refractivity contribution in [1.82, 2.24) is 10.4 Å². The summed E-state index contributed by atoms with van der Waals surface area (Å²) in [6.07, 6.45) is -3.21. The van der Waals surface area contributed by atoms with Gasteiger partial charge in [-0.25, -0.2) is 5.48 Å². The summed E-state index contributed by atoms with van der Waals surface area (Å²) >= 11 is 0. The number of amides is 1. The summed E-state index contributed by atoms with van der Waals surface area (Å²) in [4.78, 5) is 14.0. The summed E-state index contributed by atoms with van der Waals surface area (Å²) in [7, 11) is 0. The number of carbonyl (C=O) groups is 1. The average Bonchev–Trinajstić information content (AvgIpc) is 2.88. The lowest BCUT2D eigenvalue weighted by atomic mass is 9.99. The van der Waals surface area contributed by atoms with Crippen LogP contribution in [0.4, 0.5) is 13.2 Å². The Kier molecular flexibility index (Phi) is 6.84. The number of carbonyl (C=O) groups excluding carboxylic acids is 1. The van der Waals surface area contributed by atoms with Crippen LogP contribution in [0.5, 0.6) is 11.5 Å². The first-order chi connectivity index (χ1) is 14.3. The molecule has 0 aromatic heterocycles. The van der Waals surface area contributed by atoms with Gasteiger partial charge in [-0.2, -0.15) is 0 Å². The Morgan fingerprint density at radius 2 is 2.07 bits per heavy atom. The van der Waals surface area contributed by atoms with Crippen molar-refractivity contribution >= 4 is 5.91 Å². The number of halogens is 3. The van der Waals surface area contributed by atoms with Crippen LogP contribution >= 0.6 is 0 Å². The third-order valence-corrected chi connectivity index (χ3v) is 4.81. The molecule has 0 fully saturated rings. The molecule has 0 radical (unpaired) electrons. The zero-order valence-electron chi connectivity index (χ0n) is 16.5. The maximum atomic E-state index is 12.5. The molecule has 1 aliphatic heterocycles. The molecule has 0 saturated heterocycles. The lowest BCUT2D eigenvalue weighted by Gasteiger charge is -2.22. The number of alkyl halides is 3. The molecule has 2 aromatic rings. The molecule has 0 unspecified atom stereocenters. The highest BCUT2D eigenvalue weighted by molar-refractivity contribution is 5.94. The molecule has 1 amide bonds. The van der Waals surface area contributed by atoms with Crippen molar-refractivity contribution in [2.24, 2.45) is 0 Å². The molecule has 9 heteroatoms. The number of rotatable bonds is 6. The van der Waals surface area contributed by atoms with E-state index in [0.717, 1.165) is 30.5 Å². The summed E-state index contributed by atoms with van der Waals surface area (Å²) in [5, 5.41) is 8.94. The number of ether oxygens (including phenoxy) is 2. The van der Waals surface area contributed by atoms with E-state index in [2.05, 4.69) is 9.64 Å². The van der Waals surface area contributed by atoms with Gasteiger partial charge in [0.2, 0.25) is 0 Å². The molecule has 6 nitrogen and oxygen atoms in total. The van der Waals surface area contributed by atoms with Crippen LogP contribution in [0, 0.1) is 0 Å².